The third kappa shape index (κ3) is 3.26. The van der Waals surface area contributed by atoms with Crippen LogP contribution < -0.4 is 11.1 Å². The summed E-state index contributed by atoms with van der Waals surface area (Å²) >= 11 is 5.88. The number of halogens is 2. The standard InChI is InChI=1S/C14H17ClFN3/c1-2-6-18-13(17)19-12-8-14(16,9-12)10-4-3-5-11(15)7-10/h2-5,7,12H,1,6,8-9H2,(H3,17,18,19). The summed E-state index contributed by atoms with van der Waals surface area (Å²) in [5.74, 6) is 0.332. The van der Waals surface area contributed by atoms with Gasteiger partial charge < -0.3 is 11.1 Å². The highest BCUT2D eigenvalue weighted by Crippen LogP contribution is 2.45. The Morgan fingerprint density at radius 2 is 2.37 bits per heavy atom. The highest BCUT2D eigenvalue weighted by atomic mass is 35.5. The molecule has 1 aliphatic carbocycles. The number of rotatable bonds is 4. The van der Waals surface area contributed by atoms with Gasteiger partial charge in [0.1, 0.15) is 5.67 Å². The Bertz CT molecular complexity index is 495. The van der Waals surface area contributed by atoms with E-state index in [1.165, 1.54) is 0 Å². The molecule has 102 valence electrons. The molecule has 1 saturated carbocycles. The molecular formula is C14H17ClFN3. The molecule has 0 spiro atoms. The molecule has 3 nitrogen and oxygen atoms in total. The Balaban J connectivity index is 1.93. The van der Waals surface area contributed by atoms with Gasteiger partial charge in [-0.3, -0.25) is 0 Å². The average Bonchev–Trinajstić information content (AvgIpc) is 2.34. The second kappa shape index (κ2) is 5.61. The van der Waals surface area contributed by atoms with Crippen molar-refractivity contribution in [3.8, 4) is 0 Å². The third-order valence-corrected chi connectivity index (χ3v) is 3.46. The van der Waals surface area contributed by atoms with Gasteiger partial charge in [-0.05, 0) is 17.7 Å². The first-order chi connectivity index (χ1) is 9.03. The Morgan fingerprint density at radius 1 is 1.63 bits per heavy atom. The fraction of sp³-hybridized carbons (Fsp3) is 0.357. The summed E-state index contributed by atoms with van der Waals surface area (Å²) in [4.78, 5) is 4.02. The maximum absolute atomic E-state index is 14.6. The number of guanidine groups is 1. The molecule has 0 aromatic heterocycles. The SMILES string of the molecule is C=CCN=C(N)NC1CC(F)(c2cccc(Cl)c2)C1. The maximum atomic E-state index is 14.6. The van der Waals surface area contributed by atoms with E-state index in [0.29, 0.717) is 35.9 Å². The molecule has 0 saturated heterocycles. The van der Waals surface area contributed by atoms with Crippen molar-refractivity contribution in [3.05, 3.63) is 47.5 Å². The van der Waals surface area contributed by atoms with E-state index in [2.05, 4.69) is 16.9 Å². The number of nitrogens with two attached hydrogens (primary N) is 1. The number of alkyl halides is 1. The van der Waals surface area contributed by atoms with Crippen LogP contribution in [0.2, 0.25) is 5.02 Å². The van der Waals surface area contributed by atoms with Crippen molar-refractivity contribution in [3.63, 3.8) is 0 Å². The van der Waals surface area contributed by atoms with Crippen LogP contribution in [-0.4, -0.2) is 18.5 Å². The van der Waals surface area contributed by atoms with Crippen molar-refractivity contribution in [1.82, 2.24) is 5.32 Å². The minimum atomic E-state index is -1.32. The molecular weight excluding hydrogens is 265 g/mol. The van der Waals surface area contributed by atoms with Gasteiger partial charge in [0.15, 0.2) is 5.96 Å². The summed E-state index contributed by atoms with van der Waals surface area (Å²) in [6, 6.07) is 6.95. The average molecular weight is 282 g/mol. The van der Waals surface area contributed by atoms with E-state index < -0.39 is 5.67 Å². The molecule has 3 N–H and O–H groups in total. The molecule has 0 amide bonds. The van der Waals surface area contributed by atoms with E-state index in [1.807, 2.05) is 0 Å². The molecule has 0 heterocycles. The zero-order valence-electron chi connectivity index (χ0n) is 10.6. The predicted octanol–water partition coefficient (Wildman–Crippen LogP) is 2.76. The number of nitrogens with one attached hydrogen (secondary N) is 1. The van der Waals surface area contributed by atoms with E-state index in [1.54, 1.807) is 30.3 Å². The summed E-state index contributed by atoms with van der Waals surface area (Å²) in [5.41, 5.74) is 4.98. The number of hydrogen-bond acceptors (Lipinski definition) is 1. The van der Waals surface area contributed by atoms with Crippen LogP contribution in [0.15, 0.2) is 41.9 Å². The first kappa shape index (κ1) is 13.9. The van der Waals surface area contributed by atoms with Crippen molar-refractivity contribution in [2.24, 2.45) is 10.7 Å². The Hall–Kier alpha value is -1.55. The number of hydrogen-bond donors (Lipinski definition) is 2. The first-order valence-corrected chi connectivity index (χ1v) is 6.53. The zero-order chi connectivity index (χ0) is 13.9. The molecule has 1 fully saturated rings. The van der Waals surface area contributed by atoms with Crippen molar-refractivity contribution < 1.29 is 4.39 Å². The summed E-state index contributed by atoms with van der Waals surface area (Å²) in [7, 11) is 0. The molecule has 1 aliphatic rings. The quantitative estimate of drug-likeness (QED) is 0.506. The van der Waals surface area contributed by atoms with E-state index in [4.69, 9.17) is 17.3 Å². The van der Waals surface area contributed by atoms with Gasteiger partial charge in [0, 0.05) is 23.9 Å². The number of benzene rings is 1. The van der Waals surface area contributed by atoms with Crippen LogP contribution in [0.5, 0.6) is 0 Å². The Labute approximate surface area is 117 Å². The van der Waals surface area contributed by atoms with Crippen LogP contribution in [-0.2, 0) is 5.67 Å². The molecule has 0 radical (unpaired) electrons. The molecule has 0 bridgehead atoms. The third-order valence-electron chi connectivity index (χ3n) is 3.22. The van der Waals surface area contributed by atoms with Gasteiger partial charge in [0.25, 0.3) is 0 Å². The summed E-state index contributed by atoms with van der Waals surface area (Å²) in [6.07, 6.45) is 2.40. The minimum absolute atomic E-state index is 0.0116. The lowest BCUT2D eigenvalue weighted by Crippen LogP contribution is -2.53. The zero-order valence-corrected chi connectivity index (χ0v) is 11.3. The number of nitrogens with zero attached hydrogens (tertiary/aromatic N) is 1. The largest absolute Gasteiger partial charge is 0.370 e. The Kier molecular flexibility index (Phi) is 4.10. The summed E-state index contributed by atoms with van der Waals surface area (Å²) in [6.45, 7) is 4.01. The normalized spacial score (nSPS) is 26.6. The van der Waals surface area contributed by atoms with Gasteiger partial charge in [-0.25, -0.2) is 9.38 Å². The molecule has 0 unspecified atom stereocenters. The summed E-state index contributed by atoms with van der Waals surface area (Å²) < 4.78 is 14.6. The van der Waals surface area contributed by atoms with Gasteiger partial charge >= 0.3 is 0 Å². The van der Waals surface area contributed by atoms with Crippen molar-refractivity contribution in [2.75, 3.05) is 6.54 Å². The molecule has 0 aliphatic heterocycles. The van der Waals surface area contributed by atoms with Gasteiger partial charge in [0.2, 0.25) is 0 Å². The topological polar surface area (TPSA) is 50.4 Å². The molecule has 0 atom stereocenters. The van der Waals surface area contributed by atoms with E-state index in [-0.39, 0.29) is 6.04 Å². The highest BCUT2D eigenvalue weighted by Gasteiger charge is 2.46. The monoisotopic (exact) mass is 281 g/mol. The molecule has 5 heteroatoms. The second-order valence-electron chi connectivity index (χ2n) is 4.74. The van der Waals surface area contributed by atoms with Gasteiger partial charge in [-0.2, -0.15) is 0 Å². The first-order valence-electron chi connectivity index (χ1n) is 6.16. The predicted molar refractivity (Wildman–Crippen MR) is 77.1 cm³/mol. The minimum Gasteiger partial charge on any atom is -0.370 e. The van der Waals surface area contributed by atoms with Crippen LogP contribution in [0.4, 0.5) is 4.39 Å². The van der Waals surface area contributed by atoms with E-state index in [0.717, 1.165) is 0 Å². The highest BCUT2D eigenvalue weighted by molar-refractivity contribution is 6.30. The van der Waals surface area contributed by atoms with Crippen molar-refractivity contribution in [1.29, 1.82) is 0 Å². The molecule has 2 rings (SSSR count). The van der Waals surface area contributed by atoms with Gasteiger partial charge in [-0.15, -0.1) is 6.58 Å². The molecule has 1 aromatic rings. The van der Waals surface area contributed by atoms with Gasteiger partial charge in [0.05, 0.1) is 6.54 Å². The smallest absolute Gasteiger partial charge is 0.189 e. The van der Waals surface area contributed by atoms with Crippen LogP contribution >= 0.6 is 11.6 Å². The fourth-order valence-corrected chi connectivity index (χ4v) is 2.43. The lowest BCUT2D eigenvalue weighted by Gasteiger charge is -2.42. The lowest BCUT2D eigenvalue weighted by atomic mass is 9.73. The van der Waals surface area contributed by atoms with E-state index >= 15 is 0 Å². The molecule has 19 heavy (non-hydrogen) atoms. The second-order valence-corrected chi connectivity index (χ2v) is 5.18. The number of aliphatic imine (C=N–C) groups is 1. The van der Waals surface area contributed by atoms with Crippen LogP contribution in [0.1, 0.15) is 18.4 Å². The lowest BCUT2D eigenvalue weighted by molar-refractivity contribution is 0.0327. The Morgan fingerprint density at radius 3 is 3.00 bits per heavy atom. The summed E-state index contributed by atoms with van der Waals surface area (Å²) in [5, 5.41) is 3.55. The van der Waals surface area contributed by atoms with Gasteiger partial charge in [-0.1, -0.05) is 29.8 Å². The van der Waals surface area contributed by atoms with E-state index in [9.17, 15) is 4.39 Å². The van der Waals surface area contributed by atoms with Crippen LogP contribution in [0.3, 0.4) is 0 Å². The van der Waals surface area contributed by atoms with Crippen LogP contribution in [0.25, 0.3) is 0 Å². The molecule has 1 aromatic carbocycles. The van der Waals surface area contributed by atoms with Crippen molar-refractivity contribution >= 4 is 17.6 Å². The van der Waals surface area contributed by atoms with Crippen LogP contribution in [0, 0.1) is 0 Å². The maximum Gasteiger partial charge on any atom is 0.189 e. The van der Waals surface area contributed by atoms with Crippen molar-refractivity contribution in [2.45, 2.75) is 24.6 Å². The fourth-order valence-electron chi connectivity index (χ4n) is 2.24.